The number of nitrogens with one attached hydrogen (secondary N) is 2. The van der Waals surface area contributed by atoms with E-state index >= 15 is 0 Å². The molecule has 6 rings (SSSR count). The average molecular weight is 428 g/mol. The van der Waals surface area contributed by atoms with E-state index in [9.17, 15) is 0 Å². The standard InChI is InChI=1S/C24H25N7O/c1-24(2)13-25-22(32-24)16-8-6-15(7-9-16)21-28-23(31(3)30-21)27-19-11-10-18-17(12-26-29-18)20(19)14-4-5-14/h6-12,14H,4-5,13H2,1-3H3,(H,26,29)(H,27,28,30). The Morgan fingerprint density at radius 1 is 1.09 bits per heavy atom. The van der Waals surface area contributed by atoms with Crippen molar-refractivity contribution in [3.63, 3.8) is 0 Å². The number of benzene rings is 2. The van der Waals surface area contributed by atoms with E-state index in [1.165, 1.54) is 23.8 Å². The van der Waals surface area contributed by atoms with Gasteiger partial charge in [0.1, 0.15) is 5.60 Å². The molecule has 0 spiro atoms. The number of aromatic amines is 1. The van der Waals surface area contributed by atoms with E-state index in [0.717, 1.165) is 22.3 Å². The molecule has 0 saturated heterocycles. The first-order chi connectivity index (χ1) is 15.5. The number of nitrogens with zero attached hydrogens (tertiary/aromatic N) is 5. The van der Waals surface area contributed by atoms with Crippen molar-refractivity contribution in [2.75, 3.05) is 11.9 Å². The Labute approximate surface area is 185 Å². The molecule has 1 saturated carbocycles. The Kier molecular flexibility index (Phi) is 4.11. The van der Waals surface area contributed by atoms with Crippen LogP contribution in [0.4, 0.5) is 11.6 Å². The number of hydrogen-bond donors (Lipinski definition) is 2. The van der Waals surface area contributed by atoms with Gasteiger partial charge in [0.15, 0.2) is 5.82 Å². The minimum Gasteiger partial charge on any atom is -0.469 e. The van der Waals surface area contributed by atoms with E-state index in [1.807, 2.05) is 51.4 Å². The fraction of sp³-hybridized carbons (Fsp3) is 0.333. The molecule has 0 amide bonds. The number of aryl methyl sites for hydroxylation is 1. The van der Waals surface area contributed by atoms with E-state index in [0.29, 0.717) is 30.1 Å². The highest BCUT2D eigenvalue weighted by Crippen LogP contribution is 2.47. The van der Waals surface area contributed by atoms with E-state index in [1.54, 1.807) is 4.68 Å². The maximum atomic E-state index is 5.93. The highest BCUT2D eigenvalue weighted by molar-refractivity contribution is 5.95. The zero-order chi connectivity index (χ0) is 21.9. The molecule has 3 heterocycles. The Morgan fingerprint density at radius 3 is 2.59 bits per heavy atom. The molecule has 2 aromatic heterocycles. The number of fused-ring (bicyclic) bond motifs is 1. The maximum absolute atomic E-state index is 5.93. The molecule has 8 nitrogen and oxygen atoms in total. The van der Waals surface area contributed by atoms with Crippen molar-refractivity contribution in [2.24, 2.45) is 12.0 Å². The number of aromatic nitrogens is 5. The van der Waals surface area contributed by atoms with Crippen LogP contribution in [0, 0.1) is 0 Å². The molecule has 2 aliphatic rings. The van der Waals surface area contributed by atoms with E-state index in [4.69, 9.17) is 9.72 Å². The van der Waals surface area contributed by atoms with Crippen LogP contribution in [0.1, 0.15) is 43.7 Å². The highest BCUT2D eigenvalue weighted by Gasteiger charge is 2.30. The van der Waals surface area contributed by atoms with Crippen molar-refractivity contribution >= 4 is 28.4 Å². The van der Waals surface area contributed by atoms with Crippen molar-refractivity contribution in [1.29, 1.82) is 0 Å². The number of anilines is 2. The number of rotatable bonds is 5. The van der Waals surface area contributed by atoms with Crippen LogP contribution in [-0.2, 0) is 11.8 Å². The quantitative estimate of drug-likeness (QED) is 0.488. The lowest BCUT2D eigenvalue weighted by Crippen LogP contribution is -2.24. The van der Waals surface area contributed by atoms with Crippen molar-refractivity contribution in [1.82, 2.24) is 25.0 Å². The number of H-pyrrole nitrogens is 1. The minimum atomic E-state index is -0.240. The van der Waals surface area contributed by atoms with Crippen molar-refractivity contribution in [3.05, 3.63) is 53.7 Å². The smallest absolute Gasteiger partial charge is 0.225 e. The van der Waals surface area contributed by atoms with E-state index in [-0.39, 0.29) is 5.60 Å². The molecule has 162 valence electrons. The normalized spacial score (nSPS) is 17.4. The molecule has 4 aromatic rings. The zero-order valence-corrected chi connectivity index (χ0v) is 18.4. The average Bonchev–Trinajstić information content (AvgIpc) is 3.20. The second-order valence-corrected chi connectivity index (χ2v) is 9.20. The second-order valence-electron chi connectivity index (χ2n) is 9.20. The molecule has 0 bridgehead atoms. The monoisotopic (exact) mass is 427 g/mol. The van der Waals surface area contributed by atoms with Gasteiger partial charge in [-0.1, -0.05) is 12.1 Å². The molecule has 2 aromatic carbocycles. The third kappa shape index (κ3) is 3.32. The van der Waals surface area contributed by atoms with Gasteiger partial charge >= 0.3 is 0 Å². The molecule has 0 atom stereocenters. The first-order valence-electron chi connectivity index (χ1n) is 11.0. The lowest BCUT2D eigenvalue weighted by Gasteiger charge is -2.17. The van der Waals surface area contributed by atoms with Crippen molar-refractivity contribution in [3.8, 4) is 11.4 Å². The summed E-state index contributed by atoms with van der Waals surface area (Å²) in [5, 5.41) is 16.6. The summed E-state index contributed by atoms with van der Waals surface area (Å²) in [6.45, 7) is 4.76. The number of ether oxygens (including phenoxy) is 1. The summed E-state index contributed by atoms with van der Waals surface area (Å²) in [5.41, 5.74) is 5.12. The first kappa shape index (κ1) is 19.0. The van der Waals surface area contributed by atoms with Gasteiger partial charge in [0, 0.05) is 29.2 Å². The molecule has 2 N–H and O–H groups in total. The van der Waals surface area contributed by atoms with Gasteiger partial charge in [0.05, 0.1) is 18.3 Å². The third-order valence-corrected chi connectivity index (χ3v) is 6.03. The summed E-state index contributed by atoms with van der Waals surface area (Å²) in [5.74, 6) is 2.65. The van der Waals surface area contributed by atoms with Gasteiger partial charge in [0.2, 0.25) is 11.8 Å². The van der Waals surface area contributed by atoms with Gasteiger partial charge < -0.3 is 10.1 Å². The van der Waals surface area contributed by atoms with Crippen LogP contribution in [0.2, 0.25) is 0 Å². The first-order valence-corrected chi connectivity index (χ1v) is 11.0. The van der Waals surface area contributed by atoms with E-state index < -0.39 is 0 Å². The summed E-state index contributed by atoms with van der Waals surface area (Å²) >= 11 is 0. The molecular weight excluding hydrogens is 402 g/mol. The van der Waals surface area contributed by atoms with Gasteiger partial charge in [-0.2, -0.15) is 10.1 Å². The lowest BCUT2D eigenvalue weighted by atomic mass is 10.0. The van der Waals surface area contributed by atoms with Gasteiger partial charge in [0.25, 0.3) is 0 Å². The van der Waals surface area contributed by atoms with Gasteiger partial charge in [-0.15, -0.1) is 5.10 Å². The van der Waals surface area contributed by atoms with Crippen molar-refractivity contribution < 1.29 is 4.74 Å². The summed E-state index contributed by atoms with van der Waals surface area (Å²) < 4.78 is 7.71. The summed E-state index contributed by atoms with van der Waals surface area (Å²) in [7, 11) is 1.91. The zero-order valence-electron chi connectivity index (χ0n) is 18.4. The molecular formula is C24H25N7O. The molecule has 1 fully saturated rings. The van der Waals surface area contributed by atoms with Crippen LogP contribution >= 0.6 is 0 Å². The van der Waals surface area contributed by atoms with Gasteiger partial charge in [-0.05, 0) is 62.4 Å². The Bertz CT molecular complexity index is 1340. The topological polar surface area (TPSA) is 93.0 Å². The van der Waals surface area contributed by atoms with Crippen molar-refractivity contribution in [2.45, 2.75) is 38.2 Å². The van der Waals surface area contributed by atoms with Crippen LogP contribution in [0.15, 0.2) is 47.6 Å². The van der Waals surface area contributed by atoms with Gasteiger partial charge in [-0.25, -0.2) is 9.67 Å². The fourth-order valence-corrected chi connectivity index (χ4v) is 4.20. The van der Waals surface area contributed by atoms with Gasteiger partial charge in [-0.3, -0.25) is 5.10 Å². The Morgan fingerprint density at radius 2 is 1.88 bits per heavy atom. The summed E-state index contributed by atoms with van der Waals surface area (Å²) in [6.07, 6.45) is 4.33. The van der Waals surface area contributed by atoms with E-state index in [2.05, 4.69) is 37.7 Å². The number of aliphatic imine (C=N–C) groups is 1. The SMILES string of the molecule is Cn1nc(-c2ccc(C3=NCC(C)(C)O3)cc2)nc1Nc1ccc2[nH]ncc2c1C1CC1. The van der Waals surface area contributed by atoms with Crippen LogP contribution in [0.5, 0.6) is 0 Å². The van der Waals surface area contributed by atoms with Crippen LogP contribution in [0.3, 0.4) is 0 Å². The molecule has 1 aliphatic heterocycles. The summed E-state index contributed by atoms with van der Waals surface area (Å²) in [6, 6.07) is 12.2. The second kappa shape index (κ2) is 6.91. The Hall–Kier alpha value is -3.68. The Balaban J connectivity index is 1.27. The molecule has 8 heteroatoms. The molecule has 32 heavy (non-hydrogen) atoms. The molecule has 0 radical (unpaired) electrons. The highest BCUT2D eigenvalue weighted by atomic mass is 16.5. The van der Waals surface area contributed by atoms with Crippen LogP contribution in [-0.4, -0.2) is 43.0 Å². The largest absolute Gasteiger partial charge is 0.469 e. The summed E-state index contributed by atoms with van der Waals surface area (Å²) in [4.78, 5) is 9.28. The molecule has 1 aliphatic carbocycles. The predicted molar refractivity (Wildman–Crippen MR) is 124 cm³/mol. The molecule has 0 unspecified atom stereocenters. The van der Waals surface area contributed by atoms with Crippen LogP contribution < -0.4 is 5.32 Å². The maximum Gasteiger partial charge on any atom is 0.225 e. The lowest BCUT2D eigenvalue weighted by molar-refractivity contribution is 0.131. The number of hydrogen-bond acceptors (Lipinski definition) is 6. The minimum absolute atomic E-state index is 0.240. The van der Waals surface area contributed by atoms with Crippen LogP contribution in [0.25, 0.3) is 22.3 Å². The predicted octanol–water partition coefficient (Wildman–Crippen LogP) is 4.53. The fourth-order valence-electron chi connectivity index (χ4n) is 4.20. The third-order valence-electron chi connectivity index (χ3n) is 6.03.